The van der Waals surface area contributed by atoms with E-state index in [4.69, 9.17) is 4.74 Å². The molecule has 3 rings (SSSR count). The van der Waals surface area contributed by atoms with Crippen molar-refractivity contribution in [3.05, 3.63) is 49.9 Å². The zero-order valence-electron chi connectivity index (χ0n) is 12.6. The Bertz CT molecular complexity index is 752. The van der Waals surface area contributed by atoms with Gasteiger partial charge in [0.25, 0.3) is 5.91 Å². The van der Waals surface area contributed by atoms with E-state index in [9.17, 15) is 9.59 Å². The number of ether oxygens (including phenoxy) is 1. The zero-order chi connectivity index (χ0) is 16.4. The number of rotatable bonds is 5. The molecule has 1 fully saturated rings. The van der Waals surface area contributed by atoms with Gasteiger partial charge in [0, 0.05) is 3.57 Å². The lowest BCUT2D eigenvalue weighted by Gasteiger charge is -2.09. The van der Waals surface area contributed by atoms with Crippen molar-refractivity contribution < 1.29 is 14.3 Å². The number of thiophene rings is 1. The summed E-state index contributed by atoms with van der Waals surface area (Å²) in [5.74, 6) is -0.133. The predicted octanol–water partition coefficient (Wildman–Crippen LogP) is 4.66. The maximum Gasteiger partial charge on any atom is 0.341 e. The first-order valence-corrected chi connectivity index (χ1v) is 9.42. The molecular formula is C17H16INO3S. The molecule has 0 bridgehead atoms. The standard InChI is InChI=1S/C17H16INO3S/c1-2-22-17(21)14-12(10-7-8-10)9-23-16(14)19-15(20)11-5-3-4-6-13(11)18/h3-6,9-10H,2,7-8H2,1H3,(H,19,20). The maximum absolute atomic E-state index is 12.5. The molecule has 2 aromatic rings. The van der Waals surface area contributed by atoms with Gasteiger partial charge in [-0.3, -0.25) is 4.79 Å². The van der Waals surface area contributed by atoms with Gasteiger partial charge in [-0.2, -0.15) is 0 Å². The van der Waals surface area contributed by atoms with Crippen molar-refractivity contribution in [3.8, 4) is 0 Å². The molecule has 6 heteroatoms. The van der Waals surface area contributed by atoms with E-state index in [1.807, 2.05) is 23.6 Å². The van der Waals surface area contributed by atoms with Crippen LogP contribution in [0.25, 0.3) is 0 Å². The number of amides is 1. The fourth-order valence-corrected chi connectivity index (χ4v) is 4.05. The summed E-state index contributed by atoms with van der Waals surface area (Å²) in [5.41, 5.74) is 2.13. The molecule has 1 saturated carbocycles. The molecule has 1 aromatic carbocycles. The largest absolute Gasteiger partial charge is 0.462 e. The van der Waals surface area contributed by atoms with E-state index in [2.05, 4.69) is 27.9 Å². The van der Waals surface area contributed by atoms with Crippen molar-refractivity contribution in [2.24, 2.45) is 0 Å². The van der Waals surface area contributed by atoms with E-state index < -0.39 is 0 Å². The second-order valence-corrected chi connectivity index (χ2v) is 7.37. The normalized spacial score (nSPS) is 13.7. The third-order valence-corrected chi connectivity index (χ3v) is 5.52. The van der Waals surface area contributed by atoms with Crippen molar-refractivity contribution in [2.45, 2.75) is 25.7 Å². The highest BCUT2D eigenvalue weighted by atomic mass is 127. The summed E-state index contributed by atoms with van der Waals surface area (Å²) in [4.78, 5) is 24.8. The lowest BCUT2D eigenvalue weighted by Crippen LogP contribution is -2.16. The lowest BCUT2D eigenvalue weighted by molar-refractivity contribution is 0.0527. The molecule has 0 spiro atoms. The van der Waals surface area contributed by atoms with Crippen LogP contribution in [0, 0.1) is 3.57 Å². The van der Waals surface area contributed by atoms with Gasteiger partial charge in [-0.05, 0) is 71.4 Å². The Morgan fingerprint density at radius 2 is 2.09 bits per heavy atom. The van der Waals surface area contributed by atoms with E-state index in [0.29, 0.717) is 28.7 Å². The summed E-state index contributed by atoms with van der Waals surface area (Å²) in [5, 5.41) is 5.43. The molecule has 1 heterocycles. The van der Waals surface area contributed by atoms with E-state index in [-0.39, 0.29) is 11.9 Å². The average molecular weight is 441 g/mol. The van der Waals surface area contributed by atoms with Crippen LogP contribution in [0.5, 0.6) is 0 Å². The highest BCUT2D eigenvalue weighted by molar-refractivity contribution is 14.1. The van der Waals surface area contributed by atoms with Gasteiger partial charge in [0.1, 0.15) is 5.00 Å². The second kappa shape index (κ2) is 7.00. The van der Waals surface area contributed by atoms with Gasteiger partial charge >= 0.3 is 5.97 Å². The number of esters is 1. The van der Waals surface area contributed by atoms with Crippen molar-refractivity contribution in [3.63, 3.8) is 0 Å². The Hall–Kier alpha value is -1.41. The monoisotopic (exact) mass is 441 g/mol. The number of hydrogen-bond acceptors (Lipinski definition) is 4. The Labute approximate surface area is 152 Å². The maximum atomic E-state index is 12.5. The predicted molar refractivity (Wildman–Crippen MR) is 99.4 cm³/mol. The van der Waals surface area contributed by atoms with Crippen LogP contribution in [0.15, 0.2) is 29.6 Å². The number of benzene rings is 1. The Morgan fingerprint density at radius 3 is 2.74 bits per heavy atom. The fourth-order valence-electron chi connectivity index (χ4n) is 2.39. The fraction of sp³-hybridized carbons (Fsp3) is 0.294. The van der Waals surface area contributed by atoms with Crippen molar-refractivity contribution in [1.82, 2.24) is 0 Å². The number of nitrogens with one attached hydrogen (secondary N) is 1. The quantitative estimate of drug-likeness (QED) is 0.543. The van der Waals surface area contributed by atoms with Gasteiger partial charge in [0.05, 0.1) is 17.7 Å². The highest BCUT2D eigenvalue weighted by Gasteiger charge is 2.32. The van der Waals surface area contributed by atoms with Crippen LogP contribution >= 0.6 is 33.9 Å². The van der Waals surface area contributed by atoms with Gasteiger partial charge in [-0.15, -0.1) is 11.3 Å². The number of hydrogen-bond donors (Lipinski definition) is 1. The van der Waals surface area contributed by atoms with Gasteiger partial charge in [0.15, 0.2) is 0 Å². The molecular weight excluding hydrogens is 425 g/mol. The number of anilines is 1. The minimum atomic E-state index is -0.353. The minimum absolute atomic E-state index is 0.204. The second-order valence-electron chi connectivity index (χ2n) is 5.32. The SMILES string of the molecule is CCOC(=O)c1c(C2CC2)csc1NC(=O)c1ccccc1I. The first-order valence-electron chi connectivity index (χ1n) is 7.46. The molecule has 1 amide bonds. The summed E-state index contributed by atoms with van der Waals surface area (Å²) in [6.45, 7) is 2.11. The molecule has 1 aromatic heterocycles. The molecule has 23 heavy (non-hydrogen) atoms. The first kappa shape index (κ1) is 16.4. The molecule has 0 atom stereocenters. The van der Waals surface area contributed by atoms with Crippen LogP contribution in [-0.2, 0) is 4.74 Å². The van der Waals surface area contributed by atoms with Crippen molar-refractivity contribution in [1.29, 1.82) is 0 Å². The van der Waals surface area contributed by atoms with E-state index >= 15 is 0 Å². The summed E-state index contributed by atoms with van der Waals surface area (Å²) in [7, 11) is 0. The average Bonchev–Trinajstić information content (AvgIpc) is 3.29. The molecule has 1 aliphatic rings. The van der Waals surface area contributed by atoms with Crippen LogP contribution in [0.2, 0.25) is 0 Å². The third-order valence-electron chi connectivity index (χ3n) is 3.66. The third kappa shape index (κ3) is 3.58. The van der Waals surface area contributed by atoms with E-state index in [1.165, 1.54) is 11.3 Å². The number of halogens is 1. The van der Waals surface area contributed by atoms with Crippen LogP contribution < -0.4 is 5.32 Å². The van der Waals surface area contributed by atoms with E-state index in [0.717, 1.165) is 22.0 Å². The van der Waals surface area contributed by atoms with E-state index in [1.54, 1.807) is 13.0 Å². The Balaban J connectivity index is 1.89. The number of carbonyl (C=O) groups is 2. The van der Waals surface area contributed by atoms with Gasteiger partial charge in [-0.25, -0.2) is 4.79 Å². The summed E-state index contributed by atoms with van der Waals surface area (Å²) in [6.07, 6.45) is 2.18. The summed E-state index contributed by atoms with van der Waals surface area (Å²) >= 11 is 3.52. The molecule has 1 aliphatic carbocycles. The molecule has 0 aliphatic heterocycles. The van der Waals surface area contributed by atoms with Gasteiger partial charge in [0.2, 0.25) is 0 Å². The van der Waals surface area contributed by atoms with Crippen LogP contribution in [0.1, 0.15) is 52.0 Å². The molecule has 0 unspecified atom stereocenters. The van der Waals surface area contributed by atoms with Crippen LogP contribution in [-0.4, -0.2) is 18.5 Å². The Morgan fingerprint density at radius 1 is 1.35 bits per heavy atom. The molecule has 120 valence electrons. The minimum Gasteiger partial charge on any atom is -0.462 e. The van der Waals surface area contributed by atoms with Crippen molar-refractivity contribution in [2.75, 3.05) is 11.9 Å². The van der Waals surface area contributed by atoms with Crippen LogP contribution in [0.4, 0.5) is 5.00 Å². The molecule has 4 nitrogen and oxygen atoms in total. The topological polar surface area (TPSA) is 55.4 Å². The molecule has 1 N–H and O–H groups in total. The van der Waals surface area contributed by atoms with Crippen molar-refractivity contribution >= 4 is 50.8 Å². The van der Waals surface area contributed by atoms with Crippen LogP contribution in [0.3, 0.4) is 0 Å². The lowest BCUT2D eigenvalue weighted by atomic mass is 10.1. The van der Waals surface area contributed by atoms with Gasteiger partial charge < -0.3 is 10.1 Å². The zero-order valence-corrected chi connectivity index (χ0v) is 15.6. The molecule has 0 radical (unpaired) electrons. The van der Waals surface area contributed by atoms with Gasteiger partial charge in [-0.1, -0.05) is 12.1 Å². The molecule has 0 saturated heterocycles. The smallest absolute Gasteiger partial charge is 0.341 e. The first-order chi connectivity index (χ1) is 11.1. The summed E-state index contributed by atoms with van der Waals surface area (Å²) < 4.78 is 6.05. The Kier molecular flexibility index (Phi) is 5.01. The highest BCUT2D eigenvalue weighted by Crippen LogP contribution is 2.46. The summed E-state index contributed by atoms with van der Waals surface area (Å²) in [6, 6.07) is 7.37. The number of carbonyl (C=O) groups excluding carboxylic acids is 2.